The van der Waals surface area contributed by atoms with Crippen LogP contribution in [0.5, 0.6) is 5.75 Å². The van der Waals surface area contributed by atoms with Gasteiger partial charge in [0.15, 0.2) is 11.4 Å². The zero-order chi connectivity index (χ0) is 24.6. The summed E-state index contributed by atoms with van der Waals surface area (Å²) in [6, 6.07) is 2.09. The first kappa shape index (κ1) is 24.1. The number of alkyl halides is 3. The number of hydrogen-bond donors (Lipinski definition) is 0. The molecule has 1 heterocycles. The summed E-state index contributed by atoms with van der Waals surface area (Å²) in [5, 5.41) is 0. The molecule has 176 valence electrons. The van der Waals surface area contributed by atoms with Gasteiger partial charge in [0.25, 0.3) is 11.8 Å². The first-order chi connectivity index (χ1) is 15.5. The third kappa shape index (κ3) is 4.51. The summed E-state index contributed by atoms with van der Waals surface area (Å²) in [4.78, 5) is 38.7. The molecule has 0 atom stereocenters. The van der Waals surface area contributed by atoms with E-state index in [1.165, 1.54) is 4.90 Å². The van der Waals surface area contributed by atoms with Crippen LogP contribution in [0.25, 0.3) is 0 Å². The van der Waals surface area contributed by atoms with Gasteiger partial charge in [-0.3, -0.25) is 19.3 Å². The summed E-state index contributed by atoms with van der Waals surface area (Å²) in [7, 11) is 1.07. The van der Waals surface area contributed by atoms with E-state index in [1.807, 2.05) is 0 Å². The van der Waals surface area contributed by atoms with Crippen LogP contribution in [0.2, 0.25) is 0 Å². The van der Waals surface area contributed by atoms with E-state index < -0.39 is 40.8 Å². The molecule has 0 unspecified atom stereocenters. The number of carbonyl (C=O) groups is 3. The first-order valence-electron chi connectivity index (χ1n) is 10.1. The molecular weight excluding hydrogens is 446 g/mol. The lowest BCUT2D eigenvalue weighted by molar-refractivity contribution is -0.132. The van der Waals surface area contributed by atoms with Crippen molar-refractivity contribution < 1.29 is 36.7 Å². The minimum absolute atomic E-state index is 0.0239. The Morgan fingerprint density at radius 2 is 2.03 bits per heavy atom. The van der Waals surface area contributed by atoms with Gasteiger partial charge in [0.05, 0.1) is 17.9 Å². The normalized spacial score (nSPS) is 16.6. The molecule has 33 heavy (non-hydrogen) atoms. The molecule has 1 spiro atoms. The molecule has 3 rings (SSSR count). The van der Waals surface area contributed by atoms with Gasteiger partial charge >= 0.3 is 6.18 Å². The Morgan fingerprint density at radius 1 is 1.36 bits per heavy atom. The van der Waals surface area contributed by atoms with E-state index >= 15 is 0 Å². The van der Waals surface area contributed by atoms with Crippen molar-refractivity contribution in [3.05, 3.63) is 29.7 Å². The van der Waals surface area contributed by atoms with Gasteiger partial charge in [0, 0.05) is 38.6 Å². The number of amides is 3. The number of nitrogens with zero attached hydrogens (tertiary/aromatic N) is 3. The van der Waals surface area contributed by atoms with Crippen molar-refractivity contribution in [2.24, 2.45) is 0 Å². The molecule has 0 aromatic heterocycles. The molecule has 2 aliphatic rings. The number of terminal acetylenes is 1. The summed E-state index contributed by atoms with van der Waals surface area (Å²) in [6.07, 6.45) is 1.67. The number of fused-ring (bicyclic) bond motifs is 1. The highest BCUT2D eigenvalue weighted by molar-refractivity contribution is 6.07. The maximum absolute atomic E-state index is 14.9. The fraction of sp³-hybridized carbons (Fsp3) is 0.409. The second-order valence-electron chi connectivity index (χ2n) is 7.69. The highest BCUT2D eigenvalue weighted by Gasteiger charge is 2.58. The fourth-order valence-electron chi connectivity index (χ4n) is 3.50. The van der Waals surface area contributed by atoms with Crippen LogP contribution >= 0.6 is 0 Å². The summed E-state index contributed by atoms with van der Waals surface area (Å²) >= 11 is 0. The molecule has 0 bridgehead atoms. The van der Waals surface area contributed by atoms with Crippen molar-refractivity contribution in [1.29, 1.82) is 0 Å². The van der Waals surface area contributed by atoms with Crippen molar-refractivity contribution in [3.8, 4) is 18.1 Å². The fourth-order valence-corrected chi connectivity index (χ4v) is 3.50. The van der Waals surface area contributed by atoms with Crippen molar-refractivity contribution in [1.82, 2.24) is 4.90 Å². The summed E-state index contributed by atoms with van der Waals surface area (Å²) in [6.45, 7) is 1.17. The number of hydrogen-bond acceptors (Lipinski definition) is 4. The topological polar surface area (TPSA) is 70.2 Å². The summed E-state index contributed by atoms with van der Waals surface area (Å²) in [5.74, 6) is -0.193. The largest absolute Gasteiger partial charge is 0.475 e. The van der Waals surface area contributed by atoms with Crippen LogP contribution in [0, 0.1) is 18.2 Å². The lowest BCUT2D eigenvalue weighted by Crippen LogP contribution is -2.48. The zero-order valence-corrected chi connectivity index (χ0v) is 17.9. The predicted molar refractivity (Wildman–Crippen MR) is 111 cm³/mol. The maximum atomic E-state index is 14.9. The zero-order valence-electron chi connectivity index (χ0n) is 17.9. The molecule has 0 saturated heterocycles. The smallest absolute Gasteiger partial charge is 0.431 e. The van der Waals surface area contributed by atoms with E-state index in [2.05, 4.69) is 5.92 Å². The number of benzene rings is 1. The average molecular weight is 467 g/mol. The predicted octanol–water partition coefficient (Wildman–Crippen LogP) is 2.99. The van der Waals surface area contributed by atoms with E-state index in [9.17, 15) is 31.9 Å². The number of likely N-dealkylation sites (N-methyl/N-ethyl adjacent to an activating group) is 1. The third-order valence-electron chi connectivity index (χ3n) is 5.36. The Hall–Kier alpha value is -3.55. The number of allylic oxidation sites excluding steroid dienone is 1. The molecule has 11 heteroatoms. The number of rotatable bonds is 7. The third-order valence-corrected chi connectivity index (χ3v) is 5.36. The molecule has 1 saturated carbocycles. The highest BCUT2D eigenvalue weighted by atomic mass is 19.4. The Bertz CT molecular complexity index is 1060. The minimum Gasteiger partial charge on any atom is -0.475 e. The van der Waals surface area contributed by atoms with E-state index in [0.717, 1.165) is 19.2 Å². The molecule has 3 amide bonds. The Morgan fingerprint density at radius 3 is 2.55 bits per heavy atom. The van der Waals surface area contributed by atoms with Gasteiger partial charge in [0.1, 0.15) is 11.4 Å². The molecule has 1 aliphatic heterocycles. The second kappa shape index (κ2) is 8.77. The SMILES string of the molecule is C#CCN1C(=O)C2(CC2)Oc2cc(F)c(N(C)C(=O)/C=C(\N(C=O)CCC)C(F)(F)F)cc21. The Kier molecular flexibility index (Phi) is 6.40. The number of halogens is 4. The van der Waals surface area contributed by atoms with Crippen LogP contribution in [0.4, 0.5) is 28.9 Å². The average Bonchev–Trinajstić information content (AvgIpc) is 3.52. The van der Waals surface area contributed by atoms with Crippen LogP contribution in [0.3, 0.4) is 0 Å². The van der Waals surface area contributed by atoms with Crippen LogP contribution in [0.1, 0.15) is 26.2 Å². The van der Waals surface area contributed by atoms with E-state index in [0.29, 0.717) is 22.6 Å². The van der Waals surface area contributed by atoms with Gasteiger partial charge in [-0.15, -0.1) is 6.42 Å². The standard InChI is InChI=1S/C22H21F4N3O4/c1-4-8-28(13-30)18(22(24,25)26)12-19(31)27(3)15-11-16-17(10-14(15)23)33-21(6-7-21)20(32)29(16)9-5-2/h2,10-13H,4,6-9H2,1,3H3/b18-12-. The van der Waals surface area contributed by atoms with Crippen molar-refractivity contribution >= 4 is 29.6 Å². The van der Waals surface area contributed by atoms with E-state index in [-0.39, 0.29) is 43.4 Å². The van der Waals surface area contributed by atoms with Crippen molar-refractivity contribution in [3.63, 3.8) is 0 Å². The molecule has 1 aliphatic carbocycles. The van der Waals surface area contributed by atoms with Crippen LogP contribution in [-0.2, 0) is 14.4 Å². The second-order valence-corrected chi connectivity index (χ2v) is 7.69. The number of anilines is 2. The molecule has 0 N–H and O–H groups in total. The van der Waals surface area contributed by atoms with Gasteiger partial charge in [-0.05, 0) is 12.5 Å². The maximum Gasteiger partial charge on any atom is 0.431 e. The van der Waals surface area contributed by atoms with Crippen molar-refractivity contribution in [2.45, 2.75) is 38.0 Å². The van der Waals surface area contributed by atoms with Gasteiger partial charge in [-0.2, -0.15) is 13.2 Å². The van der Waals surface area contributed by atoms with Crippen LogP contribution in [-0.4, -0.2) is 55.0 Å². The minimum atomic E-state index is -5.00. The summed E-state index contributed by atoms with van der Waals surface area (Å²) < 4.78 is 61.0. The quantitative estimate of drug-likeness (QED) is 0.268. The number of carbonyl (C=O) groups excluding carboxylic acids is 3. The van der Waals surface area contributed by atoms with E-state index in [1.54, 1.807) is 6.92 Å². The van der Waals surface area contributed by atoms with Crippen LogP contribution in [0.15, 0.2) is 23.9 Å². The van der Waals surface area contributed by atoms with Gasteiger partial charge in [-0.1, -0.05) is 12.8 Å². The number of ether oxygens (including phenoxy) is 1. The van der Waals surface area contributed by atoms with E-state index in [4.69, 9.17) is 11.2 Å². The monoisotopic (exact) mass is 467 g/mol. The lowest BCUT2D eigenvalue weighted by atomic mass is 10.1. The molecule has 0 radical (unpaired) electrons. The highest BCUT2D eigenvalue weighted by Crippen LogP contribution is 2.50. The Labute approximate surface area is 187 Å². The van der Waals surface area contributed by atoms with Crippen molar-refractivity contribution in [2.75, 3.05) is 29.9 Å². The molecule has 1 aromatic rings. The molecule has 1 fully saturated rings. The van der Waals surface area contributed by atoms with Crippen LogP contribution < -0.4 is 14.5 Å². The first-order valence-corrected chi connectivity index (χ1v) is 10.1. The Balaban J connectivity index is 2.00. The lowest BCUT2D eigenvalue weighted by Gasteiger charge is -2.34. The van der Waals surface area contributed by atoms with Gasteiger partial charge < -0.3 is 14.5 Å². The summed E-state index contributed by atoms with van der Waals surface area (Å²) in [5.41, 5.74) is -2.85. The molecule has 1 aromatic carbocycles. The van der Waals surface area contributed by atoms with Gasteiger partial charge in [0.2, 0.25) is 6.41 Å². The molecule has 7 nitrogen and oxygen atoms in total. The molecular formula is C22H21F4N3O4. The van der Waals surface area contributed by atoms with Gasteiger partial charge in [-0.25, -0.2) is 4.39 Å².